The molecule has 4 nitrogen and oxygen atoms in total. The minimum absolute atomic E-state index is 0.417. The molecule has 0 amide bonds. The highest BCUT2D eigenvalue weighted by atomic mass is 32.1. The molecule has 1 aromatic rings. The van der Waals surface area contributed by atoms with Crippen molar-refractivity contribution in [1.29, 1.82) is 0 Å². The summed E-state index contributed by atoms with van der Waals surface area (Å²) in [5.74, 6) is 1.40. The zero-order chi connectivity index (χ0) is 13.1. The summed E-state index contributed by atoms with van der Waals surface area (Å²) >= 11 is 1.55. The van der Waals surface area contributed by atoms with Gasteiger partial charge in [0.15, 0.2) is 0 Å². The lowest BCUT2D eigenvalue weighted by Crippen LogP contribution is -2.56. The molecule has 5 heteroatoms. The molecule has 0 radical (unpaired) electrons. The maximum atomic E-state index is 4.71. The van der Waals surface area contributed by atoms with E-state index >= 15 is 0 Å². The van der Waals surface area contributed by atoms with Gasteiger partial charge in [-0.25, -0.2) is 4.98 Å². The van der Waals surface area contributed by atoms with E-state index in [4.69, 9.17) is 4.98 Å². The average molecular weight is 268 g/mol. The van der Waals surface area contributed by atoms with E-state index in [1.54, 1.807) is 11.5 Å². The molecular weight excluding hydrogens is 244 g/mol. The molecule has 1 N–H and O–H groups in total. The van der Waals surface area contributed by atoms with Crippen molar-refractivity contribution in [1.82, 2.24) is 14.7 Å². The Kier molecular flexibility index (Phi) is 4.56. The summed E-state index contributed by atoms with van der Waals surface area (Å²) < 4.78 is 4.48. The second-order valence-corrected chi connectivity index (χ2v) is 6.05. The first-order chi connectivity index (χ1) is 8.65. The van der Waals surface area contributed by atoms with Crippen LogP contribution in [0.4, 0.5) is 5.13 Å². The zero-order valence-corrected chi connectivity index (χ0v) is 12.6. The van der Waals surface area contributed by atoms with Crippen LogP contribution in [0, 0.1) is 0 Å². The molecule has 0 bridgehead atoms. The lowest BCUT2D eigenvalue weighted by molar-refractivity contribution is 0.378. The zero-order valence-electron chi connectivity index (χ0n) is 11.8. The molecule has 1 aliphatic heterocycles. The molecule has 1 aromatic heterocycles. The van der Waals surface area contributed by atoms with E-state index in [1.807, 2.05) is 0 Å². The largest absolute Gasteiger partial charge is 0.341 e. The third kappa shape index (κ3) is 2.83. The summed E-state index contributed by atoms with van der Waals surface area (Å²) in [7, 11) is 0. The highest BCUT2D eigenvalue weighted by molar-refractivity contribution is 7.09. The van der Waals surface area contributed by atoms with Gasteiger partial charge >= 0.3 is 0 Å². The minimum atomic E-state index is 0.417. The number of anilines is 1. The summed E-state index contributed by atoms with van der Waals surface area (Å²) in [6.45, 7) is 10.9. The van der Waals surface area contributed by atoms with Crippen molar-refractivity contribution >= 4 is 16.7 Å². The monoisotopic (exact) mass is 268 g/mol. The number of nitrogens with zero attached hydrogens (tertiary/aromatic N) is 3. The summed E-state index contributed by atoms with van der Waals surface area (Å²) in [6, 6.07) is 1.14. The van der Waals surface area contributed by atoms with Gasteiger partial charge in [-0.15, -0.1) is 0 Å². The van der Waals surface area contributed by atoms with Gasteiger partial charge in [-0.2, -0.15) is 4.37 Å². The molecule has 2 atom stereocenters. The molecule has 102 valence electrons. The number of hydrogen-bond donors (Lipinski definition) is 1. The molecule has 1 saturated heterocycles. The first-order valence-electron chi connectivity index (χ1n) is 6.99. The molecule has 18 heavy (non-hydrogen) atoms. The Morgan fingerprint density at radius 3 is 2.72 bits per heavy atom. The van der Waals surface area contributed by atoms with Gasteiger partial charge in [0.1, 0.15) is 5.82 Å². The van der Waals surface area contributed by atoms with Crippen LogP contribution in [0.15, 0.2) is 0 Å². The molecule has 0 aromatic carbocycles. The van der Waals surface area contributed by atoms with Crippen molar-refractivity contribution in [2.45, 2.75) is 58.5 Å². The van der Waals surface area contributed by atoms with Crippen LogP contribution in [0.5, 0.6) is 0 Å². The van der Waals surface area contributed by atoms with Crippen LogP contribution in [0.1, 0.15) is 52.3 Å². The summed E-state index contributed by atoms with van der Waals surface area (Å²) in [6.07, 6.45) is 2.32. The fraction of sp³-hybridized carbons (Fsp3) is 0.846. The van der Waals surface area contributed by atoms with Crippen molar-refractivity contribution in [3.8, 4) is 0 Å². The molecule has 0 spiro atoms. The number of rotatable bonds is 4. The number of nitrogens with one attached hydrogen (secondary N) is 1. The summed E-state index contributed by atoms with van der Waals surface area (Å²) in [5.41, 5.74) is 0. The third-order valence-electron chi connectivity index (χ3n) is 3.66. The van der Waals surface area contributed by atoms with Gasteiger partial charge in [0.05, 0.1) is 0 Å². The maximum absolute atomic E-state index is 4.71. The van der Waals surface area contributed by atoms with E-state index in [2.05, 4.69) is 42.3 Å². The van der Waals surface area contributed by atoms with E-state index in [9.17, 15) is 0 Å². The Morgan fingerprint density at radius 1 is 1.39 bits per heavy atom. The number of hydrogen-bond acceptors (Lipinski definition) is 5. The summed E-state index contributed by atoms with van der Waals surface area (Å²) in [5, 5.41) is 4.72. The molecule has 0 aliphatic carbocycles. The smallest absolute Gasteiger partial charge is 0.205 e. The quantitative estimate of drug-likeness (QED) is 0.911. The SMILES string of the molecule is CCC1CN(c2nc(C(C)C)ns2)C(CC)CN1. The Hall–Kier alpha value is -0.680. The van der Waals surface area contributed by atoms with Crippen molar-refractivity contribution in [2.75, 3.05) is 18.0 Å². The van der Waals surface area contributed by atoms with Gasteiger partial charge < -0.3 is 10.2 Å². The Labute approximate surface area is 114 Å². The fourth-order valence-electron chi connectivity index (χ4n) is 2.31. The van der Waals surface area contributed by atoms with Crippen molar-refractivity contribution in [3.05, 3.63) is 5.82 Å². The van der Waals surface area contributed by atoms with Gasteiger partial charge in [0.25, 0.3) is 0 Å². The molecule has 0 saturated carbocycles. The Morgan fingerprint density at radius 2 is 2.17 bits per heavy atom. The van der Waals surface area contributed by atoms with Crippen molar-refractivity contribution < 1.29 is 0 Å². The van der Waals surface area contributed by atoms with E-state index < -0.39 is 0 Å². The number of aromatic nitrogens is 2. The Balaban J connectivity index is 2.15. The molecule has 2 rings (SSSR count). The van der Waals surface area contributed by atoms with Crippen LogP contribution in [0.25, 0.3) is 0 Å². The van der Waals surface area contributed by atoms with E-state index in [0.29, 0.717) is 18.0 Å². The highest BCUT2D eigenvalue weighted by Crippen LogP contribution is 2.26. The van der Waals surface area contributed by atoms with Gasteiger partial charge in [0.2, 0.25) is 5.13 Å². The van der Waals surface area contributed by atoms with Crippen molar-refractivity contribution in [3.63, 3.8) is 0 Å². The van der Waals surface area contributed by atoms with Gasteiger partial charge in [-0.1, -0.05) is 27.7 Å². The van der Waals surface area contributed by atoms with Crippen LogP contribution in [-0.2, 0) is 0 Å². The molecule has 1 fully saturated rings. The van der Waals surface area contributed by atoms with Crippen LogP contribution in [-0.4, -0.2) is 34.5 Å². The molecule has 1 aliphatic rings. The second-order valence-electron chi connectivity index (χ2n) is 5.32. The van der Waals surface area contributed by atoms with Gasteiger partial charge in [-0.3, -0.25) is 0 Å². The molecule has 2 unspecified atom stereocenters. The van der Waals surface area contributed by atoms with Crippen LogP contribution >= 0.6 is 11.5 Å². The van der Waals surface area contributed by atoms with E-state index in [0.717, 1.165) is 30.5 Å². The molecule has 2 heterocycles. The van der Waals surface area contributed by atoms with E-state index in [-0.39, 0.29) is 0 Å². The predicted octanol–water partition coefficient (Wildman–Crippen LogP) is 2.63. The average Bonchev–Trinajstić information content (AvgIpc) is 2.87. The highest BCUT2D eigenvalue weighted by Gasteiger charge is 2.28. The first-order valence-corrected chi connectivity index (χ1v) is 7.76. The maximum Gasteiger partial charge on any atom is 0.205 e. The topological polar surface area (TPSA) is 41.1 Å². The second kappa shape index (κ2) is 5.97. The first kappa shape index (κ1) is 13.7. The van der Waals surface area contributed by atoms with E-state index in [1.165, 1.54) is 6.42 Å². The van der Waals surface area contributed by atoms with Gasteiger partial charge in [-0.05, 0) is 12.8 Å². The van der Waals surface area contributed by atoms with Crippen LogP contribution in [0.3, 0.4) is 0 Å². The fourth-order valence-corrected chi connectivity index (χ4v) is 3.20. The van der Waals surface area contributed by atoms with Crippen molar-refractivity contribution in [2.24, 2.45) is 0 Å². The van der Waals surface area contributed by atoms with Crippen LogP contribution < -0.4 is 10.2 Å². The normalized spacial score (nSPS) is 24.8. The standard InChI is InChI=1S/C13H24N4S/c1-5-10-8-17(11(6-2)7-14-10)13-15-12(9(3)4)16-18-13/h9-11,14H,5-8H2,1-4H3. The lowest BCUT2D eigenvalue weighted by Gasteiger charge is -2.39. The van der Waals surface area contributed by atoms with Crippen LogP contribution in [0.2, 0.25) is 0 Å². The third-order valence-corrected chi connectivity index (χ3v) is 4.42. The minimum Gasteiger partial charge on any atom is -0.341 e. The summed E-state index contributed by atoms with van der Waals surface area (Å²) in [4.78, 5) is 7.16. The Bertz CT molecular complexity index is 377. The lowest BCUT2D eigenvalue weighted by atomic mass is 10.1. The predicted molar refractivity (Wildman–Crippen MR) is 77.5 cm³/mol. The molecular formula is C13H24N4S. The van der Waals surface area contributed by atoms with Gasteiger partial charge in [0, 0.05) is 42.6 Å². The number of piperazine rings is 1.